The van der Waals surface area contributed by atoms with Gasteiger partial charge in [-0.15, -0.1) is 0 Å². The van der Waals surface area contributed by atoms with Crippen LogP contribution in [0, 0.1) is 29.1 Å². The van der Waals surface area contributed by atoms with Crippen LogP contribution in [-0.4, -0.2) is 23.8 Å². The van der Waals surface area contributed by atoms with Crippen LogP contribution in [-0.2, 0) is 23.9 Å². The van der Waals surface area contributed by atoms with Gasteiger partial charge in [0.2, 0.25) is 0 Å². The molecule has 6 heteroatoms. The summed E-state index contributed by atoms with van der Waals surface area (Å²) in [5, 5.41) is 0. The molecule has 0 amide bonds. The minimum atomic E-state index is -0.433. The lowest BCUT2D eigenvalue weighted by Gasteiger charge is -2.54. The molecule has 4 fully saturated rings. The first-order valence-corrected chi connectivity index (χ1v) is 8.93. The van der Waals surface area contributed by atoms with Crippen molar-refractivity contribution in [2.45, 2.75) is 44.8 Å². The van der Waals surface area contributed by atoms with E-state index in [9.17, 15) is 14.4 Å². The Hall–Kier alpha value is -2.11. The molecular formula is C19H20O6. The quantitative estimate of drug-likeness (QED) is 0.728. The van der Waals surface area contributed by atoms with Crippen LogP contribution in [0.25, 0.3) is 0 Å². The second kappa shape index (κ2) is 4.96. The molecule has 0 radical (unpaired) electrons. The van der Waals surface area contributed by atoms with Crippen molar-refractivity contribution in [2.75, 3.05) is 0 Å². The zero-order valence-corrected chi connectivity index (χ0v) is 14.0. The Morgan fingerprint density at radius 2 is 1.96 bits per heavy atom. The molecule has 132 valence electrons. The summed E-state index contributed by atoms with van der Waals surface area (Å²) in [4.78, 5) is 37.6. The Bertz CT molecular complexity index is 752. The van der Waals surface area contributed by atoms with Crippen molar-refractivity contribution in [1.82, 2.24) is 0 Å². The zero-order chi connectivity index (χ0) is 17.3. The van der Waals surface area contributed by atoms with Gasteiger partial charge in [-0.2, -0.15) is 0 Å². The Kier molecular flexibility index (Phi) is 3.01. The first-order chi connectivity index (χ1) is 12.0. The lowest BCUT2D eigenvalue weighted by Crippen LogP contribution is -2.57. The number of rotatable bonds is 1. The van der Waals surface area contributed by atoms with Crippen LogP contribution in [0.15, 0.2) is 23.0 Å². The summed E-state index contributed by atoms with van der Waals surface area (Å²) in [5.74, 6) is -1.63. The number of ether oxygens (including phenoxy) is 2. The highest BCUT2D eigenvalue weighted by atomic mass is 16.6. The largest absolute Gasteiger partial charge is 0.472 e. The molecule has 0 aromatic carbocycles. The Morgan fingerprint density at radius 3 is 2.72 bits per heavy atom. The topological polar surface area (TPSA) is 82.8 Å². The van der Waals surface area contributed by atoms with Crippen LogP contribution >= 0.6 is 0 Å². The standard InChI is InChI=1S/C19H20O6/c1-19-7-15(9-2-3-23-8-9)25-18(22)13(19)6-14(20)16-11-4-10(5-12(16)19)24-17(11)21/h2-3,8,10-13,15-16H,4-7H2,1H3/t10-,11+,12-,13-,15+,16-,19-/m1/s1. The van der Waals surface area contributed by atoms with E-state index in [1.165, 1.54) is 0 Å². The van der Waals surface area contributed by atoms with Gasteiger partial charge in [0.25, 0.3) is 0 Å². The van der Waals surface area contributed by atoms with E-state index in [0.717, 1.165) is 5.56 Å². The first kappa shape index (κ1) is 15.2. The number of carbonyl (C=O) groups is 3. The number of hydrogen-bond acceptors (Lipinski definition) is 6. The number of ketones is 1. The monoisotopic (exact) mass is 344 g/mol. The van der Waals surface area contributed by atoms with Gasteiger partial charge in [-0.1, -0.05) is 6.92 Å². The summed E-state index contributed by atoms with van der Waals surface area (Å²) in [5.41, 5.74) is 0.466. The molecule has 25 heavy (non-hydrogen) atoms. The molecule has 0 spiro atoms. The predicted molar refractivity (Wildman–Crippen MR) is 83.0 cm³/mol. The number of esters is 2. The van der Waals surface area contributed by atoms with Gasteiger partial charge in [0.1, 0.15) is 18.0 Å². The van der Waals surface area contributed by atoms with Crippen LogP contribution in [0.5, 0.6) is 0 Å². The molecule has 2 saturated heterocycles. The third kappa shape index (κ3) is 1.99. The van der Waals surface area contributed by atoms with Crippen LogP contribution in [0.3, 0.4) is 0 Å². The molecule has 2 bridgehead atoms. The van der Waals surface area contributed by atoms with Gasteiger partial charge in [0, 0.05) is 17.9 Å². The second-order valence-electron chi connectivity index (χ2n) is 8.18. The Balaban J connectivity index is 1.55. The highest BCUT2D eigenvalue weighted by Gasteiger charge is 2.64. The molecule has 5 rings (SSSR count). The van der Waals surface area contributed by atoms with E-state index in [1.807, 2.05) is 6.07 Å². The van der Waals surface area contributed by atoms with Crippen molar-refractivity contribution >= 4 is 17.7 Å². The lowest BCUT2D eigenvalue weighted by atomic mass is 9.49. The van der Waals surface area contributed by atoms with Crippen molar-refractivity contribution in [3.63, 3.8) is 0 Å². The molecule has 7 atom stereocenters. The lowest BCUT2D eigenvalue weighted by molar-refractivity contribution is -0.191. The molecule has 6 nitrogen and oxygen atoms in total. The van der Waals surface area contributed by atoms with E-state index < -0.39 is 5.92 Å². The summed E-state index contributed by atoms with van der Waals surface area (Å²) >= 11 is 0. The summed E-state index contributed by atoms with van der Waals surface area (Å²) < 4.78 is 16.2. The van der Waals surface area contributed by atoms with Crippen molar-refractivity contribution in [2.24, 2.45) is 29.1 Å². The van der Waals surface area contributed by atoms with E-state index in [4.69, 9.17) is 13.9 Å². The number of carbonyl (C=O) groups excluding carboxylic acids is 3. The van der Waals surface area contributed by atoms with Crippen LogP contribution in [0.2, 0.25) is 0 Å². The van der Waals surface area contributed by atoms with Crippen molar-refractivity contribution in [3.05, 3.63) is 24.2 Å². The molecular weight excluding hydrogens is 324 g/mol. The van der Waals surface area contributed by atoms with Crippen molar-refractivity contribution < 1.29 is 28.3 Å². The molecule has 2 saturated carbocycles. The molecule has 0 N–H and O–H groups in total. The fraction of sp³-hybridized carbons (Fsp3) is 0.632. The smallest absolute Gasteiger partial charge is 0.310 e. The van der Waals surface area contributed by atoms with Gasteiger partial charge in [0.15, 0.2) is 0 Å². The maximum atomic E-state index is 12.8. The zero-order valence-electron chi connectivity index (χ0n) is 14.0. The van der Waals surface area contributed by atoms with Gasteiger partial charge in [-0.05, 0) is 36.7 Å². The predicted octanol–water partition coefficient (Wildman–Crippen LogP) is 2.43. The third-order valence-corrected chi connectivity index (χ3v) is 6.99. The Labute approximate surface area is 144 Å². The van der Waals surface area contributed by atoms with Crippen molar-refractivity contribution in [3.8, 4) is 0 Å². The highest BCUT2D eigenvalue weighted by Crippen LogP contribution is 2.61. The third-order valence-electron chi connectivity index (χ3n) is 6.99. The van der Waals surface area contributed by atoms with Crippen molar-refractivity contribution in [1.29, 1.82) is 0 Å². The Morgan fingerprint density at radius 1 is 1.12 bits per heavy atom. The van der Waals surface area contributed by atoms with Gasteiger partial charge in [-0.3, -0.25) is 14.4 Å². The first-order valence-electron chi connectivity index (χ1n) is 8.93. The maximum Gasteiger partial charge on any atom is 0.310 e. The van der Waals surface area contributed by atoms with E-state index in [-0.39, 0.29) is 59.5 Å². The average molecular weight is 344 g/mol. The number of fused-ring (bicyclic) bond motifs is 6. The molecule has 1 aromatic heterocycles. The van der Waals surface area contributed by atoms with Crippen LogP contribution in [0.1, 0.15) is 44.3 Å². The minimum absolute atomic E-state index is 0.0174. The molecule has 2 aliphatic carbocycles. The van der Waals surface area contributed by atoms with Gasteiger partial charge < -0.3 is 13.9 Å². The van der Waals surface area contributed by atoms with E-state index in [0.29, 0.717) is 19.3 Å². The molecule has 2 aliphatic heterocycles. The van der Waals surface area contributed by atoms with Gasteiger partial charge in [0.05, 0.1) is 24.4 Å². The van der Waals surface area contributed by atoms with E-state index in [2.05, 4.69) is 6.92 Å². The highest BCUT2D eigenvalue weighted by molar-refractivity contribution is 5.93. The molecule has 1 aromatic rings. The maximum absolute atomic E-state index is 12.8. The van der Waals surface area contributed by atoms with Crippen LogP contribution < -0.4 is 0 Å². The van der Waals surface area contributed by atoms with Crippen LogP contribution in [0.4, 0.5) is 0 Å². The van der Waals surface area contributed by atoms with Gasteiger partial charge >= 0.3 is 11.9 Å². The molecule has 3 heterocycles. The van der Waals surface area contributed by atoms with E-state index >= 15 is 0 Å². The summed E-state index contributed by atoms with van der Waals surface area (Å²) in [6, 6.07) is 1.81. The summed E-state index contributed by atoms with van der Waals surface area (Å²) in [7, 11) is 0. The fourth-order valence-electron chi connectivity index (χ4n) is 5.74. The fourth-order valence-corrected chi connectivity index (χ4v) is 5.74. The number of furan rings is 1. The SMILES string of the molecule is C[C@]12C[C@@H](c3ccoc3)OC(=O)[C@H]1CC(=O)[C@@H]1[C@@H]3C[C@H](C[C@H]12)OC3=O. The molecule has 4 aliphatic rings. The summed E-state index contributed by atoms with van der Waals surface area (Å²) in [6.45, 7) is 2.09. The average Bonchev–Trinajstić information content (AvgIpc) is 3.19. The van der Waals surface area contributed by atoms with E-state index in [1.54, 1.807) is 12.5 Å². The number of hydrogen-bond donors (Lipinski definition) is 0. The van der Waals surface area contributed by atoms with Gasteiger partial charge in [-0.25, -0.2) is 0 Å². The number of cyclic esters (lactones) is 1. The number of Topliss-reactive ketones (excluding diaryl/α,β-unsaturated/α-hetero) is 1. The normalized spacial score (nSPS) is 45.4. The minimum Gasteiger partial charge on any atom is -0.472 e. The summed E-state index contributed by atoms with van der Waals surface area (Å²) in [6.07, 6.45) is 4.81. The molecule has 0 unspecified atom stereocenters. The second-order valence-corrected chi connectivity index (χ2v) is 8.18.